The van der Waals surface area contributed by atoms with Crippen molar-refractivity contribution in [3.63, 3.8) is 0 Å². The number of nitrogen functional groups attached to an aromatic ring is 1. The molecule has 2 heterocycles. The van der Waals surface area contributed by atoms with Gasteiger partial charge in [-0.2, -0.15) is 0 Å². The zero-order valence-electron chi connectivity index (χ0n) is 10.8. The van der Waals surface area contributed by atoms with Crippen LogP contribution < -0.4 is 5.73 Å². The number of anilines is 1. The predicted molar refractivity (Wildman–Crippen MR) is 66.3 cm³/mol. The van der Waals surface area contributed by atoms with Gasteiger partial charge in [0.2, 0.25) is 0 Å². The van der Waals surface area contributed by atoms with Gasteiger partial charge >= 0.3 is 5.97 Å². The molecule has 0 amide bonds. The van der Waals surface area contributed by atoms with E-state index < -0.39 is 5.97 Å². The van der Waals surface area contributed by atoms with E-state index in [1.54, 1.807) is 13.3 Å². The quantitative estimate of drug-likeness (QED) is 0.818. The Morgan fingerprint density at radius 1 is 1.72 bits per heavy atom. The Morgan fingerprint density at radius 3 is 3.11 bits per heavy atom. The Balaban J connectivity index is 2.27. The summed E-state index contributed by atoms with van der Waals surface area (Å²) in [4.78, 5) is 15.7. The highest BCUT2D eigenvalue weighted by molar-refractivity contribution is 5.92. The van der Waals surface area contributed by atoms with E-state index in [4.69, 9.17) is 15.2 Å². The van der Waals surface area contributed by atoms with Gasteiger partial charge in [0.05, 0.1) is 25.1 Å². The van der Waals surface area contributed by atoms with Gasteiger partial charge < -0.3 is 19.8 Å². The molecule has 0 saturated carbocycles. The number of aromatic nitrogens is 2. The molecule has 1 aromatic rings. The maximum Gasteiger partial charge on any atom is 0.360 e. The predicted octanol–water partition coefficient (Wildman–Crippen LogP) is 1.17. The number of rotatable bonds is 3. The van der Waals surface area contributed by atoms with Gasteiger partial charge in [-0.15, -0.1) is 0 Å². The lowest BCUT2D eigenvalue weighted by molar-refractivity contribution is 0.0104. The van der Waals surface area contributed by atoms with Crippen LogP contribution >= 0.6 is 0 Å². The number of nitrogens with zero attached hydrogens (tertiary/aromatic N) is 2. The van der Waals surface area contributed by atoms with E-state index in [-0.39, 0.29) is 11.2 Å². The summed E-state index contributed by atoms with van der Waals surface area (Å²) in [6, 6.07) is 0. The summed E-state index contributed by atoms with van der Waals surface area (Å²) in [5, 5.41) is 0. The molecule has 2 rings (SSSR count). The van der Waals surface area contributed by atoms with Crippen LogP contribution in [0.1, 0.15) is 37.2 Å². The van der Waals surface area contributed by atoms with Gasteiger partial charge in [-0.05, 0) is 26.7 Å². The number of carbonyl (C=O) groups excluding carboxylic acids is 1. The normalized spacial score (nSPS) is 23.9. The molecular weight excluding hydrogens is 234 g/mol. The van der Waals surface area contributed by atoms with Crippen molar-refractivity contribution in [3.8, 4) is 0 Å². The largest absolute Gasteiger partial charge is 0.461 e. The summed E-state index contributed by atoms with van der Waals surface area (Å²) in [5.74, 6) is -0.129. The van der Waals surface area contributed by atoms with Crippen molar-refractivity contribution in [2.45, 2.75) is 32.2 Å². The van der Waals surface area contributed by atoms with Gasteiger partial charge in [0, 0.05) is 6.61 Å². The van der Waals surface area contributed by atoms with Crippen molar-refractivity contribution in [2.75, 3.05) is 25.6 Å². The number of esters is 1. The zero-order valence-corrected chi connectivity index (χ0v) is 10.8. The number of carbonyl (C=O) groups is 1. The minimum atomic E-state index is -0.478. The zero-order chi connectivity index (χ0) is 13.2. The molecule has 0 spiro atoms. The molecule has 1 fully saturated rings. The molecule has 0 aromatic carbocycles. The standard InChI is InChI=1S/C12H19N3O3/c1-3-18-11(16)9-10(13)15(8-14-9)12(2)5-4-6-17-7-12/h8H,3-7,13H2,1-2H3. The topological polar surface area (TPSA) is 79.4 Å². The van der Waals surface area contributed by atoms with E-state index in [2.05, 4.69) is 11.9 Å². The van der Waals surface area contributed by atoms with Crippen molar-refractivity contribution in [3.05, 3.63) is 12.0 Å². The number of hydrogen-bond acceptors (Lipinski definition) is 5. The Bertz CT molecular complexity index is 436. The van der Waals surface area contributed by atoms with Crippen LogP contribution in [-0.4, -0.2) is 35.3 Å². The molecule has 1 aliphatic rings. The second kappa shape index (κ2) is 4.97. The Morgan fingerprint density at radius 2 is 2.50 bits per heavy atom. The lowest BCUT2D eigenvalue weighted by Gasteiger charge is -2.35. The molecule has 18 heavy (non-hydrogen) atoms. The first kappa shape index (κ1) is 12.9. The summed E-state index contributed by atoms with van der Waals surface area (Å²) >= 11 is 0. The minimum absolute atomic E-state index is 0.184. The molecule has 1 atom stereocenters. The van der Waals surface area contributed by atoms with Crippen LogP contribution in [0.25, 0.3) is 0 Å². The molecular formula is C12H19N3O3. The van der Waals surface area contributed by atoms with Crippen LogP contribution in [0, 0.1) is 0 Å². The van der Waals surface area contributed by atoms with Crippen LogP contribution in [0.15, 0.2) is 6.33 Å². The fourth-order valence-corrected chi connectivity index (χ4v) is 2.25. The average molecular weight is 253 g/mol. The first-order valence-corrected chi connectivity index (χ1v) is 6.16. The second-order valence-corrected chi connectivity index (χ2v) is 4.72. The van der Waals surface area contributed by atoms with E-state index in [0.717, 1.165) is 19.4 Å². The first-order valence-electron chi connectivity index (χ1n) is 6.16. The number of nitrogens with two attached hydrogens (primary N) is 1. The monoisotopic (exact) mass is 253 g/mol. The molecule has 100 valence electrons. The fraction of sp³-hybridized carbons (Fsp3) is 0.667. The summed E-state index contributed by atoms with van der Waals surface area (Å²) in [5.41, 5.74) is 5.94. The van der Waals surface area contributed by atoms with Crippen LogP contribution in [-0.2, 0) is 15.0 Å². The third-order valence-electron chi connectivity index (χ3n) is 3.27. The van der Waals surface area contributed by atoms with Crippen LogP contribution in [0.2, 0.25) is 0 Å². The van der Waals surface area contributed by atoms with E-state index in [0.29, 0.717) is 19.0 Å². The molecule has 0 aliphatic carbocycles. The highest BCUT2D eigenvalue weighted by atomic mass is 16.5. The van der Waals surface area contributed by atoms with Crippen molar-refractivity contribution < 1.29 is 14.3 Å². The highest BCUT2D eigenvalue weighted by Crippen LogP contribution is 2.30. The smallest absolute Gasteiger partial charge is 0.360 e. The lowest BCUT2D eigenvalue weighted by Crippen LogP contribution is -2.39. The number of imidazole rings is 1. The summed E-state index contributed by atoms with van der Waals surface area (Å²) < 4.78 is 12.2. The summed E-state index contributed by atoms with van der Waals surface area (Å²) in [6.45, 7) is 5.47. The van der Waals surface area contributed by atoms with Gasteiger partial charge in [0.1, 0.15) is 5.82 Å². The average Bonchev–Trinajstić information content (AvgIpc) is 2.73. The number of hydrogen-bond donors (Lipinski definition) is 1. The van der Waals surface area contributed by atoms with Crippen LogP contribution in [0.4, 0.5) is 5.82 Å². The maximum absolute atomic E-state index is 11.7. The molecule has 6 heteroatoms. The third kappa shape index (κ3) is 2.20. The number of ether oxygens (including phenoxy) is 2. The van der Waals surface area contributed by atoms with Crippen LogP contribution in [0.5, 0.6) is 0 Å². The highest BCUT2D eigenvalue weighted by Gasteiger charge is 2.33. The van der Waals surface area contributed by atoms with Gasteiger partial charge in [0.25, 0.3) is 0 Å². The first-order chi connectivity index (χ1) is 8.58. The second-order valence-electron chi connectivity index (χ2n) is 4.72. The van der Waals surface area contributed by atoms with E-state index in [1.165, 1.54) is 0 Å². The van der Waals surface area contributed by atoms with Gasteiger partial charge in [0.15, 0.2) is 5.69 Å². The maximum atomic E-state index is 11.7. The van der Waals surface area contributed by atoms with E-state index in [1.807, 2.05) is 4.57 Å². The van der Waals surface area contributed by atoms with Crippen LogP contribution in [0.3, 0.4) is 0 Å². The third-order valence-corrected chi connectivity index (χ3v) is 3.27. The molecule has 1 saturated heterocycles. The molecule has 0 bridgehead atoms. The Labute approximate surface area is 106 Å². The van der Waals surface area contributed by atoms with E-state index in [9.17, 15) is 4.79 Å². The molecule has 0 radical (unpaired) electrons. The van der Waals surface area contributed by atoms with Gasteiger partial charge in [-0.3, -0.25) is 0 Å². The van der Waals surface area contributed by atoms with Crippen molar-refractivity contribution in [1.29, 1.82) is 0 Å². The Hall–Kier alpha value is -1.56. The molecule has 6 nitrogen and oxygen atoms in total. The van der Waals surface area contributed by atoms with Crippen molar-refractivity contribution >= 4 is 11.8 Å². The van der Waals surface area contributed by atoms with Gasteiger partial charge in [-0.25, -0.2) is 9.78 Å². The minimum Gasteiger partial charge on any atom is -0.461 e. The summed E-state index contributed by atoms with van der Waals surface area (Å²) in [6.07, 6.45) is 3.52. The summed E-state index contributed by atoms with van der Waals surface area (Å²) in [7, 11) is 0. The lowest BCUT2D eigenvalue weighted by atomic mass is 9.94. The molecule has 1 aromatic heterocycles. The fourth-order valence-electron chi connectivity index (χ4n) is 2.25. The molecule has 1 unspecified atom stereocenters. The Kier molecular flexibility index (Phi) is 3.56. The molecule has 2 N–H and O–H groups in total. The van der Waals surface area contributed by atoms with Crippen molar-refractivity contribution in [2.24, 2.45) is 0 Å². The van der Waals surface area contributed by atoms with Gasteiger partial charge in [-0.1, -0.05) is 0 Å². The van der Waals surface area contributed by atoms with Crippen molar-refractivity contribution in [1.82, 2.24) is 9.55 Å². The van der Waals surface area contributed by atoms with E-state index >= 15 is 0 Å². The SMILES string of the molecule is CCOC(=O)c1ncn(C2(C)CCCOC2)c1N. The molecule has 1 aliphatic heterocycles.